The zero-order chi connectivity index (χ0) is 76.4. The van der Waals surface area contributed by atoms with Crippen molar-refractivity contribution in [2.24, 2.45) is 56.2 Å². The number of carbonyl (C=O) groups is 8. The predicted octanol–water partition coefficient (Wildman–Crippen LogP) is 15.6. The van der Waals surface area contributed by atoms with Gasteiger partial charge in [0.25, 0.3) is 18.3 Å². The average Bonchev–Trinajstić information content (AvgIpc) is 1.54. The Morgan fingerprint density at radius 2 is 0.856 bits per heavy atom. The lowest BCUT2D eigenvalue weighted by Crippen LogP contribution is -2.52. The summed E-state index contributed by atoms with van der Waals surface area (Å²) < 4.78 is 257. The third-order valence-electron chi connectivity index (χ3n) is 18.3. The molecule has 0 aromatic carbocycles. The summed E-state index contributed by atoms with van der Waals surface area (Å²) in [6.07, 6.45) is -43.6. The first-order valence-corrected chi connectivity index (χ1v) is 30.9. The van der Waals surface area contributed by atoms with E-state index in [1.54, 1.807) is 13.8 Å². The van der Waals surface area contributed by atoms with E-state index in [4.69, 9.17) is 23.7 Å². The van der Waals surface area contributed by atoms with Gasteiger partial charge in [-0.05, 0) is 146 Å². The summed E-state index contributed by atoms with van der Waals surface area (Å²) in [4.78, 5) is 93.4. The molecule has 3 aliphatic carbocycles. The van der Waals surface area contributed by atoms with E-state index in [0.717, 1.165) is 18.8 Å². The molecule has 2 saturated heterocycles. The van der Waals surface area contributed by atoms with Crippen molar-refractivity contribution >= 4 is 47.8 Å². The summed E-state index contributed by atoms with van der Waals surface area (Å²) in [6, 6.07) is 2.15. The summed E-state index contributed by atoms with van der Waals surface area (Å²) in [5.74, 6) is -7.04. The smallest absolute Gasteiger partial charge is 0.434 e. The molecule has 0 radical (unpaired) electrons. The number of nitriles is 1. The fourth-order valence-electron chi connectivity index (χ4n) is 9.51. The summed E-state index contributed by atoms with van der Waals surface area (Å²) >= 11 is 0. The Kier molecular flexibility index (Phi) is 29.9. The summed E-state index contributed by atoms with van der Waals surface area (Å²) in [6.45, 7) is 28.7. The van der Waals surface area contributed by atoms with Crippen LogP contribution in [0.5, 0.6) is 0 Å². The number of hydrogen-bond acceptors (Lipinski definition) is 17. The second-order valence-corrected chi connectivity index (χ2v) is 27.7. The average molecular weight is 1440 g/mol. The van der Waals surface area contributed by atoms with Gasteiger partial charge < -0.3 is 37.9 Å². The van der Waals surface area contributed by atoms with Crippen molar-refractivity contribution in [3.8, 4) is 6.07 Å². The largest absolute Gasteiger partial charge is 0.463 e. The highest BCUT2D eigenvalue weighted by molar-refractivity contribution is 5.99. The van der Waals surface area contributed by atoms with Gasteiger partial charge in [-0.1, -0.05) is 54.4 Å². The van der Waals surface area contributed by atoms with Crippen LogP contribution in [-0.4, -0.2) is 134 Å². The predicted molar refractivity (Wildman–Crippen MR) is 301 cm³/mol. The first-order chi connectivity index (χ1) is 43.4. The highest BCUT2D eigenvalue weighted by atomic mass is 19.4. The Bertz CT molecular complexity index is 2670. The van der Waals surface area contributed by atoms with E-state index in [-0.39, 0.29) is 60.2 Å². The number of esters is 8. The van der Waals surface area contributed by atoms with Gasteiger partial charge in [-0.2, -0.15) is 84.3 Å². The monoisotopic (exact) mass is 1440 g/mol. The molecular formula is C62H87F18NO16. The lowest BCUT2D eigenvalue weighted by molar-refractivity contribution is -0.320. The molecule has 0 aromatic rings. The van der Waals surface area contributed by atoms with E-state index in [1.807, 2.05) is 48.5 Å². The molecule has 97 heavy (non-hydrogen) atoms. The highest BCUT2D eigenvalue weighted by Gasteiger charge is 2.73. The van der Waals surface area contributed by atoms with Gasteiger partial charge >= 0.3 is 84.8 Å². The Hall–Kier alpha value is -6.01. The van der Waals surface area contributed by atoms with Crippen LogP contribution < -0.4 is 0 Å². The van der Waals surface area contributed by atoms with Crippen LogP contribution in [0.3, 0.4) is 0 Å². The number of halogens is 18. The van der Waals surface area contributed by atoms with Crippen molar-refractivity contribution in [2.75, 3.05) is 6.61 Å². The van der Waals surface area contributed by atoms with Crippen LogP contribution in [0.15, 0.2) is 0 Å². The van der Waals surface area contributed by atoms with Crippen molar-refractivity contribution in [1.29, 1.82) is 5.26 Å². The van der Waals surface area contributed by atoms with Crippen molar-refractivity contribution in [3.05, 3.63) is 0 Å². The van der Waals surface area contributed by atoms with Gasteiger partial charge in [-0.3, -0.25) is 33.6 Å². The molecule has 17 nitrogen and oxygen atoms in total. The molecule has 2 heterocycles. The van der Waals surface area contributed by atoms with Crippen LogP contribution in [-0.2, 0) is 76.3 Å². The molecule has 0 spiro atoms. The van der Waals surface area contributed by atoms with E-state index in [9.17, 15) is 123 Å². The fourth-order valence-corrected chi connectivity index (χ4v) is 9.51. The molecule has 6 unspecified atom stereocenters. The number of carbonyl (C=O) groups excluding carboxylic acids is 8. The molecule has 2 bridgehead atoms. The zero-order valence-corrected chi connectivity index (χ0v) is 56.7. The molecule has 0 N–H and O–H groups in total. The molecule has 562 valence electrons. The molecular weight excluding hydrogens is 1360 g/mol. The van der Waals surface area contributed by atoms with Crippen LogP contribution >= 0.6 is 0 Å². The van der Waals surface area contributed by atoms with Crippen molar-refractivity contribution in [3.63, 3.8) is 0 Å². The molecule has 6 atom stereocenters. The quantitative estimate of drug-likeness (QED) is 0.0537. The van der Waals surface area contributed by atoms with Crippen LogP contribution in [0.2, 0.25) is 0 Å². The molecule has 5 fully saturated rings. The van der Waals surface area contributed by atoms with Crippen molar-refractivity contribution in [2.45, 2.75) is 274 Å². The number of nitrogens with zero attached hydrogens (tertiary/aromatic N) is 1. The van der Waals surface area contributed by atoms with Gasteiger partial charge in [0.2, 0.25) is 6.10 Å². The Morgan fingerprint density at radius 3 is 1.19 bits per heavy atom. The molecule has 3 saturated carbocycles. The Balaban J connectivity index is 0.000000618. The zero-order valence-electron chi connectivity index (χ0n) is 56.7. The summed E-state index contributed by atoms with van der Waals surface area (Å²) in [5.41, 5.74) is -7.43. The maximum atomic E-state index is 12.4. The second kappa shape index (κ2) is 32.5. The number of ether oxygens (including phenoxy) is 8. The van der Waals surface area contributed by atoms with Gasteiger partial charge in [-0.25, -0.2) is 4.79 Å². The highest BCUT2D eigenvalue weighted by Crippen LogP contribution is 2.62. The summed E-state index contributed by atoms with van der Waals surface area (Å²) in [7, 11) is 0. The molecule has 2 aliphatic heterocycles. The normalized spacial score (nSPS) is 23.1. The fraction of sp³-hybridized carbons (Fsp3) is 0.855. The maximum Gasteiger partial charge on any atom is 0.434 e. The van der Waals surface area contributed by atoms with Crippen LogP contribution in [0, 0.1) is 67.5 Å². The third kappa shape index (κ3) is 23.6. The minimum absolute atomic E-state index is 0.0476. The SMILES string of the molecule is CCC(C)(C(=O)OC(C(F)(F)F)C(F)(F)F)C(=O)OC(C(F)(F)F)C(F)(F)F.CCC(C)(C)C(=O)OC(C(F)(F)F)C(F)(F)F.CCC(C)(C)C(=O)OC(C)(C)C1CCC(C)CC1.CCC(C)(C)C(=O)OC1C2CC3C1OC(=O)C3(C#N)C2.CCC(C)(C)C(=O)OC1CCOC1=O. The summed E-state index contributed by atoms with van der Waals surface area (Å²) in [5, 5.41) is 9.31. The lowest BCUT2D eigenvalue weighted by Gasteiger charge is -2.39. The van der Waals surface area contributed by atoms with Gasteiger partial charge in [0.15, 0.2) is 10.8 Å². The number of rotatable bonds is 18. The Morgan fingerprint density at radius 1 is 0.505 bits per heavy atom. The van der Waals surface area contributed by atoms with E-state index in [2.05, 4.69) is 41.1 Å². The molecule has 0 amide bonds. The van der Waals surface area contributed by atoms with Gasteiger partial charge in [0.05, 0.1) is 34.3 Å². The van der Waals surface area contributed by atoms with Crippen LogP contribution in [0.1, 0.15) is 195 Å². The van der Waals surface area contributed by atoms with Gasteiger partial charge in [-0.15, -0.1) is 0 Å². The molecule has 35 heteroatoms. The van der Waals surface area contributed by atoms with E-state index < -0.39 is 131 Å². The van der Waals surface area contributed by atoms with Gasteiger partial charge in [0, 0.05) is 18.3 Å². The number of hydrogen-bond donors (Lipinski definition) is 0. The van der Waals surface area contributed by atoms with E-state index >= 15 is 0 Å². The van der Waals surface area contributed by atoms with Crippen LogP contribution in [0.25, 0.3) is 0 Å². The minimum Gasteiger partial charge on any atom is -0.463 e. The second-order valence-electron chi connectivity index (χ2n) is 27.7. The minimum atomic E-state index is -6.23. The topological polar surface area (TPSA) is 234 Å². The van der Waals surface area contributed by atoms with Crippen molar-refractivity contribution < 1.29 is 155 Å². The van der Waals surface area contributed by atoms with E-state index in [0.29, 0.717) is 45.1 Å². The van der Waals surface area contributed by atoms with E-state index in [1.165, 1.54) is 46.5 Å². The number of fused-ring (bicyclic) bond motifs is 1. The van der Waals surface area contributed by atoms with Crippen LogP contribution in [0.4, 0.5) is 79.0 Å². The Labute approximate surface area is 550 Å². The first kappa shape index (κ1) is 89.0. The van der Waals surface area contributed by atoms with Gasteiger partial charge in [0.1, 0.15) is 17.8 Å². The maximum absolute atomic E-state index is 12.4. The standard InChI is InChI=1S/C16H30O2.C15H19NO4.C12H10F12O4.C10H16O4.C9H12F6O2/c1-7-15(3,4)14(17)18-16(5,6)13-10-8-12(2)9-11-13;1-4-14(2,3)12(17)19-10-8-5-9-11(10)20-13(18)15(9,6-8)7-16;1-3-8(2,6(25)27-4(9(13,14)15)10(16,17)18)7(26)28-5(11(19,20)21)12(22,23)24;1-4-10(2,3)9(12)14-7-5-6-13-8(7)11;1-4-7(2,3)6(16)17-5(8(10,11)12)9(13,14)15/h12-13H,7-11H2,1-6H3;8-11H,4-6H2,1-3H3;4-5H,3H2,1-2H3;7H,4-6H2,1-3H3;5H,4H2,1-3H3. The molecule has 0 aromatic heterocycles. The third-order valence-corrected chi connectivity index (χ3v) is 18.3. The lowest BCUT2D eigenvalue weighted by atomic mass is 9.74. The molecule has 5 aliphatic rings. The number of alkyl halides is 18. The number of cyclic esters (lactones) is 1. The van der Waals surface area contributed by atoms with Crippen molar-refractivity contribution in [1.82, 2.24) is 0 Å². The molecule has 5 rings (SSSR count). The first-order valence-electron chi connectivity index (χ1n) is 30.9.